The number of amides is 1. The van der Waals surface area contributed by atoms with E-state index in [1.807, 2.05) is 19.1 Å². The zero-order chi connectivity index (χ0) is 20.3. The fourth-order valence-electron chi connectivity index (χ4n) is 3.61. The van der Waals surface area contributed by atoms with Gasteiger partial charge < -0.3 is 25.6 Å². The van der Waals surface area contributed by atoms with E-state index in [9.17, 15) is 15.0 Å². The third-order valence-electron chi connectivity index (χ3n) is 4.91. The number of nitrogens with one attached hydrogen (secondary N) is 3. The maximum Gasteiger partial charge on any atom is 0.237 e. The number of nitrogens with zero attached hydrogens (tertiary/aromatic N) is 1. The van der Waals surface area contributed by atoms with Crippen molar-refractivity contribution in [1.29, 1.82) is 0 Å². The molecular weight excluding hydrogens is 360 g/mol. The van der Waals surface area contributed by atoms with Crippen LogP contribution in [-0.4, -0.2) is 63.8 Å². The molecule has 0 spiro atoms. The minimum Gasteiger partial charge on any atom is -0.393 e. The summed E-state index contributed by atoms with van der Waals surface area (Å²) < 4.78 is 5.99. The molecule has 0 aromatic carbocycles. The Kier molecular flexibility index (Phi) is 6.46. The number of aromatic nitrogens is 2. The number of aliphatic hydroxyl groups is 2. The van der Waals surface area contributed by atoms with E-state index in [1.54, 1.807) is 19.2 Å². The van der Waals surface area contributed by atoms with Crippen molar-refractivity contribution in [1.82, 2.24) is 20.8 Å². The Hall–Kier alpha value is -2.26. The van der Waals surface area contributed by atoms with Gasteiger partial charge in [0.2, 0.25) is 5.91 Å². The van der Waals surface area contributed by atoms with Crippen LogP contribution >= 0.6 is 0 Å². The first-order chi connectivity index (χ1) is 13.4. The zero-order valence-electron chi connectivity index (χ0n) is 16.2. The van der Waals surface area contributed by atoms with Crippen LogP contribution in [0.25, 0.3) is 0 Å². The number of rotatable bonds is 9. The molecule has 0 radical (unpaired) electrons. The fraction of sp³-hybridized carbons (Fsp3) is 0.500. The van der Waals surface area contributed by atoms with Crippen molar-refractivity contribution in [2.45, 2.75) is 50.5 Å². The van der Waals surface area contributed by atoms with Crippen molar-refractivity contribution in [3.8, 4) is 0 Å². The average Bonchev–Trinajstić information content (AvgIpc) is 3.25. The molecule has 5 N–H and O–H groups in total. The quantitative estimate of drug-likeness (QED) is 0.420. The summed E-state index contributed by atoms with van der Waals surface area (Å²) >= 11 is 0. The highest BCUT2D eigenvalue weighted by Gasteiger charge is 2.41. The number of carbonyl (C=O) groups excluding carboxylic acids is 1. The van der Waals surface area contributed by atoms with Crippen molar-refractivity contribution in [3.05, 3.63) is 53.5 Å². The summed E-state index contributed by atoms with van der Waals surface area (Å²) in [5.41, 5.74) is 2.90. The van der Waals surface area contributed by atoms with Crippen LogP contribution in [0.5, 0.6) is 0 Å². The van der Waals surface area contributed by atoms with Crippen molar-refractivity contribution in [2.24, 2.45) is 0 Å². The average molecular weight is 388 g/mol. The monoisotopic (exact) mass is 388 g/mol. The van der Waals surface area contributed by atoms with Crippen LogP contribution in [0.1, 0.15) is 31.9 Å². The molecule has 3 rings (SSSR count). The number of carbonyl (C=O) groups is 1. The molecule has 0 saturated heterocycles. The van der Waals surface area contributed by atoms with Gasteiger partial charge in [0.25, 0.3) is 0 Å². The van der Waals surface area contributed by atoms with Crippen molar-refractivity contribution < 1.29 is 19.7 Å². The summed E-state index contributed by atoms with van der Waals surface area (Å²) in [6.45, 7) is 8.17. The second-order valence-electron chi connectivity index (χ2n) is 7.47. The highest BCUT2D eigenvalue weighted by Crippen LogP contribution is 2.39. The molecule has 1 aliphatic carbocycles. The summed E-state index contributed by atoms with van der Waals surface area (Å²) in [5, 5.41) is 32.5. The number of hydrogen-bond donors (Lipinski definition) is 5. The first kappa shape index (κ1) is 20.5. The standard InChI is InChI=1S/C20H28N4O4/c1-11-4-5-15-17(18(20(27)23-15)16-6-7-22-24-16)19(11)28-10-14(26)9-21-12(2)8-13(3)25/h4-7,12-14,18-19,21,25-26H,1,8-10H2,2-3H3,(H,22,24)(H,23,27). The molecule has 5 atom stereocenters. The molecule has 1 aromatic rings. The molecule has 8 nitrogen and oxygen atoms in total. The predicted octanol–water partition coefficient (Wildman–Crippen LogP) is 0.498. The summed E-state index contributed by atoms with van der Waals surface area (Å²) in [7, 11) is 0. The molecular formula is C20H28N4O4. The van der Waals surface area contributed by atoms with Crippen LogP contribution in [-0.2, 0) is 9.53 Å². The van der Waals surface area contributed by atoms with Crippen LogP contribution in [0, 0.1) is 0 Å². The number of H-pyrrole nitrogens is 1. The molecule has 1 aromatic heterocycles. The number of ether oxygens (including phenoxy) is 1. The molecule has 0 saturated carbocycles. The molecule has 152 valence electrons. The minimum absolute atomic E-state index is 0.0814. The highest BCUT2D eigenvalue weighted by atomic mass is 16.5. The lowest BCUT2D eigenvalue weighted by atomic mass is 9.86. The van der Waals surface area contributed by atoms with Gasteiger partial charge in [-0.15, -0.1) is 0 Å². The molecule has 28 heavy (non-hydrogen) atoms. The van der Waals surface area contributed by atoms with E-state index in [4.69, 9.17) is 4.74 Å². The maximum atomic E-state index is 12.5. The van der Waals surface area contributed by atoms with Gasteiger partial charge in [-0.3, -0.25) is 9.89 Å². The Morgan fingerprint density at radius 1 is 1.36 bits per heavy atom. The fourth-order valence-corrected chi connectivity index (χ4v) is 3.61. The molecule has 0 bridgehead atoms. The van der Waals surface area contributed by atoms with Crippen LogP contribution in [0.3, 0.4) is 0 Å². The van der Waals surface area contributed by atoms with E-state index < -0.39 is 24.2 Å². The second kappa shape index (κ2) is 8.83. The first-order valence-electron chi connectivity index (χ1n) is 9.49. The van der Waals surface area contributed by atoms with Gasteiger partial charge in [0.15, 0.2) is 0 Å². The minimum atomic E-state index is -0.727. The van der Waals surface area contributed by atoms with Crippen molar-refractivity contribution >= 4 is 5.91 Å². The Balaban J connectivity index is 1.63. The Labute approximate surface area is 164 Å². The predicted molar refractivity (Wildman–Crippen MR) is 104 cm³/mol. The van der Waals surface area contributed by atoms with Crippen LogP contribution in [0.2, 0.25) is 0 Å². The lowest BCUT2D eigenvalue weighted by molar-refractivity contribution is -0.120. The lowest BCUT2D eigenvalue weighted by Gasteiger charge is -2.27. The Bertz CT molecular complexity index is 769. The number of aromatic amines is 1. The first-order valence-corrected chi connectivity index (χ1v) is 9.49. The van der Waals surface area contributed by atoms with Gasteiger partial charge >= 0.3 is 0 Å². The molecule has 5 unspecified atom stereocenters. The van der Waals surface area contributed by atoms with E-state index in [2.05, 4.69) is 27.4 Å². The topological polar surface area (TPSA) is 120 Å². The van der Waals surface area contributed by atoms with E-state index in [-0.39, 0.29) is 18.6 Å². The highest BCUT2D eigenvalue weighted by molar-refractivity contribution is 5.93. The molecule has 0 fully saturated rings. The molecule has 8 heteroatoms. The van der Waals surface area contributed by atoms with E-state index in [0.29, 0.717) is 24.4 Å². The molecule has 2 aliphatic rings. The normalized spacial score (nSPS) is 24.9. The van der Waals surface area contributed by atoms with Gasteiger partial charge in [-0.05, 0) is 38.0 Å². The number of aliphatic hydroxyl groups excluding tert-OH is 2. The lowest BCUT2D eigenvalue weighted by Crippen LogP contribution is -2.38. The Morgan fingerprint density at radius 2 is 2.14 bits per heavy atom. The van der Waals surface area contributed by atoms with Gasteiger partial charge in [0.1, 0.15) is 12.0 Å². The molecule has 2 heterocycles. The maximum absolute atomic E-state index is 12.5. The summed E-state index contributed by atoms with van der Waals surface area (Å²) in [6.07, 6.45) is 4.22. The van der Waals surface area contributed by atoms with Crippen molar-refractivity contribution in [3.63, 3.8) is 0 Å². The second-order valence-corrected chi connectivity index (χ2v) is 7.47. The third kappa shape index (κ3) is 4.59. The Morgan fingerprint density at radius 3 is 2.82 bits per heavy atom. The largest absolute Gasteiger partial charge is 0.393 e. The number of allylic oxidation sites excluding steroid dienone is 1. The molecule has 1 aliphatic heterocycles. The van der Waals surface area contributed by atoms with Gasteiger partial charge in [-0.1, -0.05) is 12.7 Å². The SMILES string of the molecule is C=C1C=CC2=C(C1OCC(O)CNC(C)CC(C)O)C(c1ccn[nH]1)C(=O)N2. The van der Waals surface area contributed by atoms with Gasteiger partial charge in [-0.2, -0.15) is 5.10 Å². The zero-order valence-corrected chi connectivity index (χ0v) is 16.2. The van der Waals surface area contributed by atoms with Crippen LogP contribution in [0.4, 0.5) is 0 Å². The van der Waals surface area contributed by atoms with E-state index in [1.165, 1.54) is 0 Å². The van der Waals surface area contributed by atoms with E-state index in [0.717, 1.165) is 11.1 Å². The molecule has 1 amide bonds. The summed E-state index contributed by atoms with van der Waals surface area (Å²) in [4.78, 5) is 12.5. The van der Waals surface area contributed by atoms with Crippen LogP contribution < -0.4 is 10.6 Å². The third-order valence-corrected chi connectivity index (χ3v) is 4.91. The van der Waals surface area contributed by atoms with Crippen molar-refractivity contribution in [2.75, 3.05) is 13.2 Å². The summed E-state index contributed by atoms with van der Waals surface area (Å²) in [5.74, 6) is -0.665. The number of hydrogen-bond acceptors (Lipinski definition) is 6. The van der Waals surface area contributed by atoms with Gasteiger partial charge in [0.05, 0.1) is 24.5 Å². The summed E-state index contributed by atoms with van der Waals surface area (Å²) in [6, 6.07) is 1.85. The smallest absolute Gasteiger partial charge is 0.237 e. The van der Waals surface area contributed by atoms with Crippen LogP contribution in [0.15, 0.2) is 47.8 Å². The van der Waals surface area contributed by atoms with Gasteiger partial charge in [-0.25, -0.2) is 0 Å². The van der Waals surface area contributed by atoms with E-state index >= 15 is 0 Å². The van der Waals surface area contributed by atoms with Gasteiger partial charge in [0, 0.05) is 30.1 Å².